The second-order valence-electron chi connectivity index (χ2n) is 8.12. The van der Waals surface area contributed by atoms with Gasteiger partial charge in [0, 0.05) is 35.4 Å². The molecule has 9 nitrogen and oxygen atoms in total. The molecule has 1 N–H and O–H groups in total. The summed E-state index contributed by atoms with van der Waals surface area (Å²) in [4.78, 5) is 16.8. The lowest BCUT2D eigenvalue weighted by atomic mass is 10.1. The quantitative estimate of drug-likeness (QED) is 0.256. The van der Waals surface area contributed by atoms with E-state index in [1.54, 1.807) is 36.4 Å². The van der Waals surface area contributed by atoms with Gasteiger partial charge in [-0.05, 0) is 25.1 Å². The fraction of sp³-hybridized carbons (Fsp3) is 0.214. The van der Waals surface area contributed by atoms with Gasteiger partial charge in [-0.3, -0.25) is 4.79 Å². The molecule has 0 saturated carbocycles. The van der Waals surface area contributed by atoms with Gasteiger partial charge in [-0.15, -0.1) is 0 Å². The van der Waals surface area contributed by atoms with Crippen molar-refractivity contribution in [2.75, 3.05) is 33.8 Å². The topological polar surface area (TPSA) is 113 Å². The number of ketones is 1. The van der Waals surface area contributed by atoms with Gasteiger partial charge in [0.05, 0.1) is 45.4 Å². The third-order valence-corrected chi connectivity index (χ3v) is 6.72. The number of methoxy groups -OCH3 is 4. The largest absolute Gasteiger partial charge is 0.496 e. The molecule has 0 bridgehead atoms. The number of nitrogens with zero attached hydrogens (tertiary/aromatic N) is 1. The highest BCUT2D eigenvalue weighted by Crippen LogP contribution is 2.35. The molecular weight excluding hydrogens is 508 g/mol. The van der Waals surface area contributed by atoms with Crippen LogP contribution in [0.5, 0.6) is 23.0 Å². The summed E-state index contributed by atoms with van der Waals surface area (Å²) in [5.41, 5.74) is 2.34. The minimum absolute atomic E-state index is 0.190. The van der Waals surface area contributed by atoms with Gasteiger partial charge in [0.2, 0.25) is 0 Å². The van der Waals surface area contributed by atoms with Crippen LogP contribution in [0.3, 0.4) is 0 Å². The number of carbonyl (C=O) groups is 1. The van der Waals surface area contributed by atoms with E-state index in [4.69, 9.17) is 18.9 Å². The maximum absolute atomic E-state index is 12.9. The van der Waals surface area contributed by atoms with Crippen LogP contribution in [0, 0.1) is 6.92 Å². The van der Waals surface area contributed by atoms with E-state index in [0.717, 1.165) is 11.0 Å². The summed E-state index contributed by atoms with van der Waals surface area (Å²) in [6.07, 6.45) is 4.22. The summed E-state index contributed by atoms with van der Waals surface area (Å²) >= 11 is 0. The van der Waals surface area contributed by atoms with E-state index < -0.39 is 9.84 Å². The highest BCUT2D eigenvalue weighted by Gasteiger charge is 2.15. The average Bonchev–Trinajstić information content (AvgIpc) is 2.91. The van der Waals surface area contributed by atoms with Crippen molar-refractivity contribution in [1.82, 2.24) is 4.98 Å². The predicted octanol–water partition coefficient (Wildman–Crippen LogP) is 4.82. The molecule has 3 rings (SSSR count). The first-order valence-corrected chi connectivity index (χ1v) is 13.2. The first kappa shape index (κ1) is 28.3. The Hall–Kier alpha value is -4.31. The van der Waals surface area contributed by atoms with E-state index in [1.165, 1.54) is 46.8 Å². The molecule has 1 aromatic heterocycles. The summed E-state index contributed by atoms with van der Waals surface area (Å²) < 4.78 is 47.1. The fourth-order valence-corrected chi connectivity index (χ4v) is 4.48. The van der Waals surface area contributed by atoms with Crippen molar-refractivity contribution >= 4 is 27.5 Å². The van der Waals surface area contributed by atoms with Crippen molar-refractivity contribution < 1.29 is 32.2 Å². The summed E-state index contributed by atoms with van der Waals surface area (Å²) in [7, 11) is 2.19. The molecule has 0 aliphatic carbocycles. The second-order valence-corrected chi connectivity index (χ2v) is 10.0. The van der Waals surface area contributed by atoms with Crippen LogP contribution in [0.4, 0.5) is 5.82 Å². The lowest BCUT2D eigenvalue weighted by Gasteiger charge is -2.12. The number of aryl methyl sites for hydroxylation is 1. The molecular formula is C28H30N2O7S. The Morgan fingerprint density at radius 1 is 0.895 bits per heavy atom. The Kier molecular flexibility index (Phi) is 9.50. The summed E-state index contributed by atoms with van der Waals surface area (Å²) in [5, 5.41) is 3.99. The minimum atomic E-state index is -3.73. The molecule has 3 aromatic rings. The van der Waals surface area contributed by atoms with Gasteiger partial charge >= 0.3 is 0 Å². The van der Waals surface area contributed by atoms with Crippen molar-refractivity contribution in [3.8, 4) is 23.0 Å². The van der Waals surface area contributed by atoms with E-state index in [0.29, 0.717) is 34.1 Å². The smallest absolute Gasteiger partial charge is 0.187 e. The number of allylic oxidation sites excluding steroid dienone is 1. The second kappa shape index (κ2) is 12.8. The van der Waals surface area contributed by atoms with Crippen LogP contribution in [0.15, 0.2) is 66.2 Å². The first-order valence-electron chi connectivity index (χ1n) is 11.5. The number of hydrogen-bond acceptors (Lipinski definition) is 9. The normalized spacial score (nSPS) is 11.5. The summed E-state index contributed by atoms with van der Waals surface area (Å²) in [5.74, 6) is 1.41. The van der Waals surface area contributed by atoms with E-state index in [9.17, 15) is 13.2 Å². The molecule has 0 fully saturated rings. The molecule has 0 aliphatic rings. The molecule has 200 valence electrons. The van der Waals surface area contributed by atoms with Crippen molar-refractivity contribution in [1.29, 1.82) is 0 Å². The molecule has 38 heavy (non-hydrogen) atoms. The third kappa shape index (κ3) is 7.36. The van der Waals surface area contributed by atoms with Crippen molar-refractivity contribution in [2.24, 2.45) is 0 Å². The molecule has 0 unspecified atom stereocenters. The van der Waals surface area contributed by atoms with Crippen LogP contribution in [-0.4, -0.2) is 47.6 Å². The number of ether oxygens (including phenoxy) is 4. The zero-order valence-corrected chi connectivity index (χ0v) is 22.7. The molecule has 2 aromatic carbocycles. The molecule has 1 heterocycles. The van der Waals surface area contributed by atoms with Crippen LogP contribution < -0.4 is 24.3 Å². The third-order valence-electron chi connectivity index (χ3n) is 5.47. The summed E-state index contributed by atoms with van der Waals surface area (Å²) in [6, 6.07) is 13.6. The SMILES string of the molecule is COc1cc(OC)c(/C=C/S(=O)(=O)Cc2ccc(OC)c(N/C=C\C(=O)c3ccc(C)cc3)n2)c(OC)c1. The van der Waals surface area contributed by atoms with Gasteiger partial charge in [0.1, 0.15) is 17.2 Å². The van der Waals surface area contributed by atoms with E-state index in [-0.39, 0.29) is 23.0 Å². The number of aromatic nitrogens is 1. The number of benzene rings is 2. The van der Waals surface area contributed by atoms with Gasteiger partial charge in [-0.2, -0.15) is 0 Å². The first-order chi connectivity index (χ1) is 18.2. The van der Waals surface area contributed by atoms with Crippen LogP contribution in [0.2, 0.25) is 0 Å². The Labute approximate surface area is 222 Å². The maximum Gasteiger partial charge on any atom is 0.187 e. The Balaban J connectivity index is 1.78. The maximum atomic E-state index is 12.9. The van der Waals surface area contributed by atoms with Crippen molar-refractivity contribution in [3.05, 3.63) is 88.6 Å². The van der Waals surface area contributed by atoms with E-state index in [2.05, 4.69) is 10.3 Å². The summed E-state index contributed by atoms with van der Waals surface area (Å²) in [6.45, 7) is 1.94. The van der Waals surface area contributed by atoms with Gasteiger partial charge < -0.3 is 24.3 Å². The van der Waals surface area contributed by atoms with Crippen molar-refractivity contribution in [3.63, 3.8) is 0 Å². The number of hydrogen-bond donors (Lipinski definition) is 1. The molecule has 0 amide bonds. The van der Waals surface area contributed by atoms with Gasteiger partial charge in [-0.25, -0.2) is 13.4 Å². The molecule has 0 aliphatic heterocycles. The van der Waals surface area contributed by atoms with E-state index in [1.807, 2.05) is 19.1 Å². The molecule has 0 atom stereocenters. The number of pyridine rings is 1. The minimum Gasteiger partial charge on any atom is -0.496 e. The molecule has 0 radical (unpaired) electrons. The van der Waals surface area contributed by atoms with Gasteiger partial charge in [0.15, 0.2) is 27.2 Å². The van der Waals surface area contributed by atoms with Gasteiger partial charge in [0.25, 0.3) is 0 Å². The molecule has 0 saturated heterocycles. The highest BCUT2D eigenvalue weighted by atomic mass is 32.2. The standard InChI is InChI=1S/C28H30N2O7S/c1-19-6-8-20(9-7-19)24(31)12-14-29-28-25(35-3)11-10-21(30-28)18-38(32,33)15-13-23-26(36-4)16-22(34-2)17-27(23)37-5/h6-17H,18H2,1-5H3,(H,29,30)/b14-12-,15-13+. The number of anilines is 1. The van der Waals surface area contributed by atoms with Crippen molar-refractivity contribution in [2.45, 2.75) is 12.7 Å². The lowest BCUT2D eigenvalue weighted by molar-refractivity contribution is 0.104. The fourth-order valence-electron chi connectivity index (χ4n) is 3.47. The predicted molar refractivity (Wildman–Crippen MR) is 147 cm³/mol. The highest BCUT2D eigenvalue weighted by molar-refractivity contribution is 7.93. The Morgan fingerprint density at radius 2 is 1.53 bits per heavy atom. The number of sulfone groups is 1. The van der Waals surface area contributed by atoms with Crippen LogP contribution in [0.1, 0.15) is 27.2 Å². The van der Waals surface area contributed by atoms with Crippen LogP contribution >= 0.6 is 0 Å². The number of carbonyl (C=O) groups excluding carboxylic acids is 1. The molecule has 10 heteroatoms. The van der Waals surface area contributed by atoms with E-state index >= 15 is 0 Å². The molecule has 0 spiro atoms. The monoisotopic (exact) mass is 538 g/mol. The number of rotatable bonds is 12. The zero-order valence-electron chi connectivity index (χ0n) is 21.8. The van der Waals surface area contributed by atoms with Crippen LogP contribution in [0.25, 0.3) is 6.08 Å². The van der Waals surface area contributed by atoms with Gasteiger partial charge in [-0.1, -0.05) is 29.8 Å². The lowest BCUT2D eigenvalue weighted by Crippen LogP contribution is -2.05. The number of nitrogens with one attached hydrogen (secondary N) is 1. The Morgan fingerprint density at radius 3 is 2.11 bits per heavy atom. The zero-order chi connectivity index (χ0) is 27.7. The average molecular weight is 539 g/mol. The Bertz CT molecular complexity index is 1420. The van der Waals surface area contributed by atoms with Crippen LogP contribution in [-0.2, 0) is 15.6 Å².